The quantitative estimate of drug-likeness (QED) is 0.862. The Bertz CT molecular complexity index is 806. The summed E-state index contributed by atoms with van der Waals surface area (Å²) in [5.74, 6) is 0.746. The van der Waals surface area contributed by atoms with Crippen LogP contribution >= 0.6 is 0 Å². The molecule has 1 atom stereocenters. The summed E-state index contributed by atoms with van der Waals surface area (Å²) in [5.41, 5.74) is 2.07. The number of nitrogens with one attached hydrogen (secondary N) is 1. The molecule has 154 valence electrons. The normalized spacial score (nSPS) is 20.4. The Kier molecular flexibility index (Phi) is 6.20. The second-order valence-electron chi connectivity index (χ2n) is 7.76. The van der Waals surface area contributed by atoms with Crippen LogP contribution in [0.2, 0.25) is 0 Å². The van der Waals surface area contributed by atoms with Gasteiger partial charge in [0.2, 0.25) is 0 Å². The fourth-order valence-corrected chi connectivity index (χ4v) is 4.32. The number of piperazine rings is 1. The van der Waals surface area contributed by atoms with Gasteiger partial charge in [0.05, 0.1) is 7.11 Å². The van der Waals surface area contributed by atoms with Gasteiger partial charge in [-0.25, -0.2) is 4.79 Å². The largest absolute Gasteiger partial charge is 0.497 e. The van der Waals surface area contributed by atoms with E-state index in [1.807, 2.05) is 29.2 Å². The van der Waals surface area contributed by atoms with Crippen molar-refractivity contribution >= 4 is 17.4 Å². The number of anilines is 2. The van der Waals surface area contributed by atoms with Crippen LogP contribution in [-0.2, 0) is 0 Å². The number of benzene rings is 2. The summed E-state index contributed by atoms with van der Waals surface area (Å²) in [7, 11) is 1.63. The zero-order valence-corrected chi connectivity index (χ0v) is 17.1. The number of piperidine rings is 1. The van der Waals surface area contributed by atoms with Crippen molar-refractivity contribution < 1.29 is 9.53 Å². The van der Waals surface area contributed by atoms with Gasteiger partial charge in [-0.1, -0.05) is 24.3 Å². The summed E-state index contributed by atoms with van der Waals surface area (Å²) in [6.45, 7) is 5.78. The summed E-state index contributed by atoms with van der Waals surface area (Å²) in [6.07, 6.45) is 2.21. The van der Waals surface area contributed by atoms with Gasteiger partial charge >= 0.3 is 6.03 Å². The Balaban J connectivity index is 1.31. The number of ether oxygens (including phenoxy) is 1. The van der Waals surface area contributed by atoms with Gasteiger partial charge in [-0.2, -0.15) is 0 Å². The first kappa shape index (κ1) is 19.6. The molecule has 2 aliphatic heterocycles. The van der Waals surface area contributed by atoms with Crippen LogP contribution in [0.25, 0.3) is 0 Å². The van der Waals surface area contributed by atoms with Crippen LogP contribution < -0.4 is 15.0 Å². The van der Waals surface area contributed by atoms with Gasteiger partial charge in [-0.05, 0) is 37.1 Å². The lowest BCUT2D eigenvalue weighted by Gasteiger charge is -2.43. The van der Waals surface area contributed by atoms with Gasteiger partial charge in [0.15, 0.2) is 0 Å². The first-order chi connectivity index (χ1) is 14.2. The number of urea groups is 1. The van der Waals surface area contributed by atoms with Crippen LogP contribution in [-0.4, -0.2) is 68.3 Å². The lowest BCUT2D eigenvalue weighted by molar-refractivity contribution is 0.108. The van der Waals surface area contributed by atoms with E-state index in [1.54, 1.807) is 7.11 Å². The van der Waals surface area contributed by atoms with E-state index >= 15 is 0 Å². The van der Waals surface area contributed by atoms with Gasteiger partial charge in [-0.3, -0.25) is 4.90 Å². The molecule has 6 heteroatoms. The molecule has 0 aromatic heterocycles. The molecule has 0 unspecified atom stereocenters. The van der Waals surface area contributed by atoms with Crippen LogP contribution in [0.4, 0.5) is 16.2 Å². The molecule has 6 nitrogen and oxygen atoms in total. The molecule has 0 spiro atoms. The predicted molar refractivity (Wildman–Crippen MR) is 117 cm³/mol. The minimum Gasteiger partial charge on any atom is -0.497 e. The summed E-state index contributed by atoms with van der Waals surface area (Å²) < 4.78 is 5.24. The number of hydrogen-bond acceptors (Lipinski definition) is 4. The second kappa shape index (κ2) is 9.18. The van der Waals surface area contributed by atoms with Crippen molar-refractivity contribution in [2.45, 2.75) is 18.9 Å². The molecular weight excluding hydrogens is 364 g/mol. The zero-order chi connectivity index (χ0) is 20.1. The van der Waals surface area contributed by atoms with E-state index in [-0.39, 0.29) is 6.03 Å². The molecule has 2 aromatic rings. The minimum atomic E-state index is -0.0223. The van der Waals surface area contributed by atoms with Crippen molar-refractivity contribution in [3.8, 4) is 5.75 Å². The van der Waals surface area contributed by atoms with Crippen molar-refractivity contribution in [2.75, 3.05) is 56.6 Å². The average molecular weight is 395 g/mol. The third-order valence-corrected chi connectivity index (χ3v) is 5.96. The number of hydrogen-bond donors (Lipinski definition) is 1. The number of methoxy groups -OCH3 is 1. The van der Waals surface area contributed by atoms with Gasteiger partial charge in [0, 0.05) is 62.8 Å². The smallest absolute Gasteiger partial charge is 0.321 e. The predicted octanol–water partition coefficient (Wildman–Crippen LogP) is 3.51. The number of amides is 2. The molecule has 2 heterocycles. The standard InChI is InChI=1S/C23H30N4O2/c1-29-22-11-5-7-19(17-22)24-23(28)27-12-6-10-21(18-27)26-15-13-25(14-16-26)20-8-3-2-4-9-20/h2-5,7-9,11,17,21H,6,10,12-16,18H2,1H3,(H,24,28)/t21-/m0/s1. The molecule has 2 aromatic carbocycles. The first-order valence-electron chi connectivity index (χ1n) is 10.5. The highest BCUT2D eigenvalue weighted by molar-refractivity contribution is 5.89. The van der Waals surface area contributed by atoms with E-state index in [0.717, 1.165) is 63.5 Å². The molecule has 2 aliphatic rings. The maximum Gasteiger partial charge on any atom is 0.321 e. The highest BCUT2D eigenvalue weighted by Crippen LogP contribution is 2.22. The number of para-hydroxylation sites is 1. The average Bonchev–Trinajstić information content (AvgIpc) is 2.80. The fraction of sp³-hybridized carbons (Fsp3) is 0.435. The lowest BCUT2D eigenvalue weighted by atomic mass is 10.0. The number of likely N-dealkylation sites (tertiary alicyclic amines) is 1. The maximum absolute atomic E-state index is 12.8. The van der Waals surface area contributed by atoms with Crippen LogP contribution in [0.15, 0.2) is 54.6 Å². The first-order valence-corrected chi connectivity index (χ1v) is 10.5. The van der Waals surface area contributed by atoms with E-state index in [4.69, 9.17) is 4.74 Å². The fourth-order valence-electron chi connectivity index (χ4n) is 4.32. The van der Waals surface area contributed by atoms with Crippen LogP contribution in [0.1, 0.15) is 12.8 Å². The molecule has 0 bridgehead atoms. The third kappa shape index (κ3) is 4.82. The molecule has 2 amide bonds. The third-order valence-electron chi connectivity index (χ3n) is 5.96. The van der Waals surface area contributed by atoms with Gasteiger partial charge in [0.25, 0.3) is 0 Å². The van der Waals surface area contributed by atoms with Gasteiger partial charge < -0.3 is 19.9 Å². The van der Waals surface area contributed by atoms with Crippen molar-refractivity contribution in [3.05, 3.63) is 54.6 Å². The van der Waals surface area contributed by atoms with E-state index in [1.165, 1.54) is 5.69 Å². The maximum atomic E-state index is 12.8. The zero-order valence-electron chi connectivity index (χ0n) is 17.1. The molecule has 0 saturated carbocycles. The number of carbonyl (C=O) groups is 1. The van der Waals surface area contributed by atoms with Gasteiger partial charge in [-0.15, -0.1) is 0 Å². The summed E-state index contributed by atoms with van der Waals surface area (Å²) in [5, 5.41) is 3.02. The Morgan fingerprint density at radius 1 is 1.00 bits per heavy atom. The molecule has 0 radical (unpaired) electrons. The van der Waals surface area contributed by atoms with Gasteiger partial charge in [0.1, 0.15) is 5.75 Å². The number of carbonyl (C=O) groups excluding carboxylic acids is 1. The summed E-state index contributed by atoms with van der Waals surface area (Å²) >= 11 is 0. The lowest BCUT2D eigenvalue weighted by Crippen LogP contribution is -2.56. The summed E-state index contributed by atoms with van der Waals surface area (Å²) in [4.78, 5) is 19.7. The van der Waals surface area contributed by atoms with E-state index < -0.39 is 0 Å². The van der Waals surface area contributed by atoms with E-state index in [2.05, 4.69) is 45.4 Å². The number of nitrogens with zero attached hydrogens (tertiary/aromatic N) is 3. The van der Waals surface area contributed by atoms with Crippen LogP contribution in [0, 0.1) is 0 Å². The van der Waals surface area contributed by atoms with E-state index in [9.17, 15) is 4.79 Å². The van der Waals surface area contributed by atoms with Crippen LogP contribution in [0.3, 0.4) is 0 Å². The van der Waals surface area contributed by atoms with Crippen molar-refractivity contribution in [1.29, 1.82) is 0 Å². The molecule has 0 aliphatic carbocycles. The topological polar surface area (TPSA) is 48.1 Å². The summed E-state index contributed by atoms with van der Waals surface area (Å²) in [6, 6.07) is 18.6. The molecule has 2 saturated heterocycles. The molecular formula is C23H30N4O2. The molecule has 29 heavy (non-hydrogen) atoms. The second-order valence-corrected chi connectivity index (χ2v) is 7.76. The Morgan fingerprint density at radius 3 is 2.55 bits per heavy atom. The molecule has 1 N–H and O–H groups in total. The monoisotopic (exact) mass is 394 g/mol. The Labute approximate surface area is 173 Å². The molecule has 2 fully saturated rings. The highest BCUT2D eigenvalue weighted by atomic mass is 16.5. The van der Waals surface area contributed by atoms with Crippen molar-refractivity contribution in [3.63, 3.8) is 0 Å². The van der Waals surface area contributed by atoms with Crippen molar-refractivity contribution in [1.82, 2.24) is 9.80 Å². The Morgan fingerprint density at radius 2 is 1.79 bits per heavy atom. The Hall–Kier alpha value is -2.73. The SMILES string of the molecule is COc1cccc(NC(=O)N2CCC[C@H](N3CCN(c4ccccc4)CC3)C2)c1. The van der Waals surface area contributed by atoms with E-state index in [0.29, 0.717) is 6.04 Å². The number of rotatable bonds is 4. The van der Waals surface area contributed by atoms with Crippen molar-refractivity contribution in [2.24, 2.45) is 0 Å². The molecule has 4 rings (SSSR count). The highest BCUT2D eigenvalue weighted by Gasteiger charge is 2.30. The van der Waals surface area contributed by atoms with Crippen LogP contribution in [0.5, 0.6) is 5.75 Å². The minimum absolute atomic E-state index is 0.0223.